The molecular weight excluding hydrogens is 574 g/mol. The second kappa shape index (κ2) is 13.6. The Labute approximate surface area is 253 Å². The average Bonchev–Trinajstić information content (AvgIpc) is 2.96. The molecule has 0 bridgehead atoms. The molecule has 234 valence electrons. The van der Waals surface area contributed by atoms with Crippen molar-refractivity contribution in [2.75, 3.05) is 63.1 Å². The maximum atomic E-state index is 12.0. The molecule has 0 saturated carbocycles. The first kappa shape index (κ1) is 32.1. The van der Waals surface area contributed by atoms with E-state index in [9.17, 15) is 13.2 Å². The Morgan fingerprint density at radius 2 is 1.70 bits per heavy atom. The maximum absolute atomic E-state index is 12.0. The fourth-order valence-electron chi connectivity index (χ4n) is 4.85. The number of hydrogen-bond acceptors (Lipinski definition) is 11. The first-order valence-corrected chi connectivity index (χ1v) is 16.0. The van der Waals surface area contributed by atoms with Crippen molar-refractivity contribution in [2.24, 2.45) is 5.92 Å². The molecule has 13 heteroatoms. The van der Waals surface area contributed by atoms with Gasteiger partial charge in [-0.2, -0.15) is 8.42 Å². The maximum Gasteiger partial charge on any atom is 0.407 e. The van der Waals surface area contributed by atoms with Gasteiger partial charge >= 0.3 is 6.09 Å². The SMILES string of the molecule is COc1cc(OC)cc(N(CCOS(C)(=O)=O)c2ccc3ncc(N4CCC(CNC(=O)OC(C)(C)C)CC4)nc3c2)c1. The van der Waals surface area contributed by atoms with Gasteiger partial charge in [0, 0.05) is 55.8 Å². The summed E-state index contributed by atoms with van der Waals surface area (Å²) in [6.07, 6.45) is 4.23. The van der Waals surface area contributed by atoms with Gasteiger partial charge in [-0.1, -0.05) is 0 Å². The number of benzene rings is 2. The van der Waals surface area contributed by atoms with Crippen LogP contribution >= 0.6 is 0 Å². The Balaban J connectivity index is 1.52. The average molecular weight is 616 g/mol. The Kier molecular flexibility index (Phi) is 10.2. The molecule has 0 radical (unpaired) electrons. The van der Waals surface area contributed by atoms with Crippen molar-refractivity contribution < 1.29 is 31.6 Å². The third-order valence-corrected chi connectivity index (χ3v) is 7.55. The van der Waals surface area contributed by atoms with Gasteiger partial charge in [0.05, 0.1) is 44.3 Å². The predicted octanol–water partition coefficient (Wildman–Crippen LogP) is 4.50. The van der Waals surface area contributed by atoms with Crippen molar-refractivity contribution in [2.45, 2.75) is 39.2 Å². The monoisotopic (exact) mass is 615 g/mol. The number of anilines is 3. The number of alkyl carbamates (subject to hydrolysis) is 1. The Morgan fingerprint density at radius 3 is 2.30 bits per heavy atom. The largest absolute Gasteiger partial charge is 0.497 e. The minimum absolute atomic E-state index is 0.0557. The van der Waals surface area contributed by atoms with Crippen LogP contribution in [0.1, 0.15) is 33.6 Å². The smallest absolute Gasteiger partial charge is 0.407 e. The lowest BCUT2D eigenvalue weighted by Gasteiger charge is -2.33. The predicted molar refractivity (Wildman–Crippen MR) is 166 cm³/mol. The number of rotatable bonds is 11. The molecule has 3 aromatic rings. The summed E-state index contributed by atoms with van der Waals surface area (Å²) in [6, 6.07) is 11.2. The fourth-order valence-corrected chi connectivity index (χ4v) is 5.23. The van der Waals surface area contributed by atoms with Crippen LogP contribution in [0, 0.1) is 5.92 Å². The highest BCUT2D eigenvalue weighted by Gasteiger charge is 2.23. The van der Waals surface area contributed by atoms with E-state index in [0.717, 1.165) is 54.9 Å². The summed E-state index contributed by atoms with van der Waals surface area (Å²) in [5, 5.41) is 2.88. The first-order chi connectivity index (χ1) is 20.3. The van der Waals surface area contributed by atoms with Crippen LogP contribution in [0.4, 0.5) is 22.0 Å². The van der Waals surface area contributed by atoms with E-state index >= 15 is 0 Å². The van der Waals surface area contributed by atoms with E-state index in [4.69, 9.17) is 23.4 Å². The zero-order valence-electron chi connectivity index (χ0n) is 25.6. The molecule has 1 aliphatic heterocycles. The van der Waals surface area contributed by atoms with Crippen LogP contribution in [0.3, 0.4) is 0 Å². The molecule has 1 saturated heterocycles. The van der Waals surface area contributed by atoms with Gasteiger partial charge in [0.2, 0.25) is 0 Å². The Hall–Kier alpha value is -3.84. The van der Waals surface area contributed by atoms with Crippen molar-refractivity contribution in [3.05, 3.63) is 42.6 Å². The molecule has 2 aromatic carbocycles. The summed E-state index contributed by atoms with van der Waals surface area (Å²) in [7, 11) is -0.468. The normalized spacial score (nSPS) is 14.4. The van der Waals surface area contributed by atoms with E-state index < -0.39 is 21.8 Å². The van der Waals surface area contributed by atoms with Crippen LogP contribution in [0.15, 0.2) is 42.6 Å². The molecular formula is C30H41N5O7S. The van der Waals surface area contributed by atoms with Crippen molar-refractivity contribution in [1.82, 2.24) is 15.3 Å². The van der Waals surface area contributed by atoms with Gasteiger partial charge in [-0.15, -0.1) is 0 Å². The number of carbonyl (C=O) groups excluding carboxylic acids is 1. The van der Waals surface area contributed by atoms with Crippen molar-refractivity contribution >= 4 is 44.4 Å². The van der Waals surface area contributed by atoms with Crippen LogP contribution in [0.2, 0.25) is 0 Å². The van der Waals surface area contributed by atoms with Crippen molar-refractivity contribution in [1.29, 1.82) is 0 Å². The van der Waals surface area contributed by atoms with Crippen LogP contribution in [0.5, 0.6) is 11.5 Å². The van der Waals surface area contributed by atoms with Gasteiger partial charge in [0.25, 0.3) is 10.1 Å². The van der Waals surface area contributed by atoms with Gasteiger partial charge in [0.15, 0.2) is 0 Å². The number of amides is 1. The summed E-state index contributed by atoms with van der Waals surface area (Å²) < 4.78 is 44.6. The van der Waals surface area contributed by atoms with Gasteiger partial charge in [-0.3, -0.25) is 9.17 Å². The molecule has 0 spiro atoms. The number of piperidine rings is 1. The van der Waals surface area contributed by atoms with E-state index in [0.29, 0.717) is 29.5 Å². The molecule has 1 aliphatic rings. The molecule has 43 heavy (non-hydrogen) atoms. The fraction of sp³-hybridized carbons (Fsp3) is 0.500. The lowest BCUT2D eigenvalue weighted by molar-refractivity contribution is 0.0516. The topological polar surface area (TPSA) is 132 Å². The number of methoxy groups -OCH3 is 2. The van der Waals surface area contributed by atoms with Gasteiger partial charge in [-0.05, 0) is 57.7 Å². The van der Waals surface area contributed by atoms with E-state index in [1.54, 1.807) is 26.5 Å². The van der Waals surface area contributed by atoms with E-state index in [1.807, 2.05) is 56.0 Å². The number of fused-ring (bicyclic) bond motifs is 1. The summed E-state index contributed by atoms with van der Waals surface area (Å²) in [5.41, 5.74) is 2.42. The first-order valence-electron chi connectivity index (χ1n) is 14.2. The van der Waals surface area contributed by atoms with E-state index in [-0.39, 0.29) is 13.2 Å². The minimum Gasteiger partial charge on any atom is -0.497 e. The number of carbonyl (C=O) groups is 1. The third kappa shape index (κ3) is 9.32. The van der Waals surface area contributed by atoms with Gasteiger partial charge < -0.3 is 29.3 Å². The molecule has 4 rings (SSSR count). The number of hydrogen-bond donors (Lipinski definition) is 1. The van der Waals surface area contributed by atoms with Crippen LogP contribution in [0.25, 0.3) is 11.0 Å². The molecule has 12 nitrogen and oxygen atoms in total. The van der Waals surface area contributed by atoms with Crippen molar-refractivity contribution in [3.63, 3.8) is 0 Å². The number of aromatic nitrogens is 2. The number of nitrogens with zero attached hydrogens (tertiary/aromatic N) is 4. The summed E-state index contributed by atoms with van der Waals surface area (Å²) in [5.74, 6) is 2.32. The van der Waals surface area contributed by atoms with Crippen molar-refractivity contribution in [3.8, 4) is 11.5 Å². The molecule has 1 amide bonds. The number of nitrogens with one attached hydrogen (secondary N) is 1. The Morgan fingerprint density at radius 1 is 1.02 bits per heavy atom. The lowest BCUT2D eigenvalue weighted by atomic mass is 9.97. The van der Waals surface area contributed by atoms with Crippen LogP contribution < -0.4 is 24.6 Å². The summed E-state index contributed by atoms with van der Waals surface area (Å²) in [6.45, 7) is 7.88. The summed E-state index contributed by atoms with van der Waals surface area (Å²) in [4.78, 5) is 25.7. The van der Waals surface area contributed by atoms with E-state index in [1.165, 1.54) is 0 Å². The highest BCUT2D eigenvalue weighted by molar-refractivity contribution is 7.85. The van der Waals surface area contributed by atoms with Crippen LogP contribution in [-0.2, 0) is 19.0 Å². The Bertz CT molecular complexity index is 1500. The molecule has 2 heterocycles. The van der Waals surface area contributed by atoms with Gasteiger partial charge in [-0.25, -0.2) is 9.78 Å². The second-order valence-electron chi connectivity index (χ2n) is 11.5. The summed E-state index contributed by atoms with van der Waals surface area (Å²) >= 11 is 0. The van der Waals surface area contributed by atoms with E-state index in [2.05, 4.69) is 15.2 Å². The molecule has 1 fully saturated rings. The molecule has 1 N–H and O–H groups in total. The molecule has 0 atom stereocenters. The lowest BCUT2D eigenvalue weighted by Crippen LogP contribution is -2.40. The molecule has 0 unspecified atom stereocenters. The second-order valence-corrected chi connectivity index (χ2v) is 13.1. The zero-order valence-corrected chi connectivity index (χ0v) is 26.4. The highest BCUT2D eigenvalue weighted by atomic mass is 32.2. The number of ether oxygens (including phenoxy) is 3. The minimum atomic E-state index is -3.61. The highest BCUT2D eigenvalue weighted by Crippen LogP contribution is 2.34. The van der Waals surface area contributed by atoms with Gasteiger partial charge in [0.1, 0.15) is 22.9 Å². The standard InChI is InChI=1S/C30H41N5O7S/c1-30(2,3)42-29(36)32-19-21-9-11-34(12-10-21)28-20-31-26-8-7-22(17-27(26)33-28)35(13-14-41-43(6,37)38)23-15-24(39-4)18-25(16-23)40-5/h7-8,15-18,20-21H,9-14,19H2,1-6H3,(H,32,36). The molecule has 1 aromatic heterocycles. The molecule has 0 aliphatic carbocycles. The van der Waals surface area contributed by atoms with Crippen LogP contribution in [-0.4, -0.2) is 83.3 Å². The quantitative estimate of drug-likeness (QED) is 0.306. The zero-order chi connectivity index (χ0) is 31.2. The third-order valence-electron chi connectivity index (χ3n) is 6.96.